The third-order valence-electron chi connectivity index (χ3n) is 5.19. The third-order valence-corrected chi connectivity index (χ3v) is 5.74. The molecule has 1 aliphatic heterocycles. The quantitative estimate of drug-likeness (QED) is 0.350. The van der Waals surface area contributed by atoms with Crippen molar-refractivity contribution in [1.82, 2.24) is 0 Å². The number of hydrogen-bond acceptors (Lipinski definition) is 4. The zero-order chi connectivity index (χ0) is 23.1. The van der Waals surface area contributed by atoms with E-state index in [0.29, 0.717) is 33.3 Å². The summed E-state index contributed by atoms with van der Waals surface area (Å²) < 4.78 is 5.66. The molecule has 0 saturated carbocycles. The smallest absolute Gasteiger partial charge is 0.291 e. The highest BCUT2D eigenvalue weighted by atomic mass is 35.5. The first-order chi connectivity index (χ1) is 15.9. The Morgan fingerprint density at radius 1 is 0.818 bits per heavy atom. The van der Waals surface area contributed by atoms with Gasteiger partial charge < -0.3 is 9.73 Å². The molecule has 2 heterocycles. The van der Waals surface area contributed by atoms with E-state index < -0.39 is 17.7 Å². The number of nitrogens with zero attached hydrogens (tertiary/aromatic N) is 1. The average molecular weight is 477 g/mol. The summed E-state index contributed by atoms with van der Waals surface area (Å²) in [6.45, 7) is 0. The van der Waals surface area contributed by atoms with Crippen molar-refractivity contribution in [2.75, 3.05) is 10.2 Å². The van der Waals surface area contributed by atoms with Crippen molar-refractivity contribution in [3.8, 4) is 11.3 Å². The summed E-state index contributed by atoms with van der Waals surface area (Å²) >= 11 is 12.4. The Morgan fingerprint density at radius 2 is 1.55 bits per heavy atom. The van der Waals surface area contributed by atoms with E-state index in [0.717, 1.165) is 10.5 Å². The molecule has 5 rings (SSSR count). The highest BCUT2D eigenvalue weighted by Crippen LogP contribution is 2.33. The lowest BCUT2D eigenvalue weighted by atomic mass is 10.1. The van der Waals surface area contributed by atoms with Gasteiger partial charge in [0.1, 0.15) is 5.76 Å². The van der Waals surface area contributed by atoms with Crippen molar-refractivity contribution < 1.29 is 18.8 Å². The van der Waals surface area contributed by atoms with E-state index in [1.165, 1.54) is 12.1 Å². The number of furan rings is 1. The fraction of sp³-hybridized carbons (Fsp3) is 0. The summed E-state index contributed by atoms with van der Waals surface area (Å²) in [4.78, 5) is 39.1. The van der Waals surface area contributed by atoms with Crippen LogP contribution in [0.25, 0.3) is 11.3 Å². The van der Waals surface area contributed by atoms with E-state index >= 15 is 0 Å². The van der Waals surface area contributed by atoms with Crippen LogP contribution in [0.1, 0.15) is 31.3 Å². The molecule has 8 heteroatoms. The van der Waals surface area contributed by atoms with Crippen LogP contribution in [-0.2, 0) is 0 Å². The maximum absolute atomic E-state index is 12.7. The minimum atomic E-state index is -0.501. The number of nitrogens with one attached hydrogen (secondary N) is 1. The van der Waals surface area contributed by atoms with Crippen LogP contribution < -0.4 is 10.2 Å². The van der Waals surface area contributed by atoms with Crippen LogP contribution in [0.5, 0.6) is 0 Å². The summed E-state index contributed by atoms with van der Waals surface area (Å²) in [5, 5.41) is 3.40. The summed E-state index contributed by atoms with van der Waals surface area (Å²) in [5.41, 5.74) is 2.03. The van der Waals surface area contributed by atoms with E-state index in [1.54, 1.807) is 60.7 Å². The van der Waals surface area contributed by atoms with E-state index in [-0.39, 0.29) is 10.8 Å². The lowest BCUT2D eigenvalue weighted by Gasteiger charge is -2.15. The van der Waals surface area contributed by atoms with Gasteiger partial charge in [-0.15, -0.1) is 0 Å². The largest absolute Gasteiger partial charge is 0.451 e. The number of fused-ring (bicyclic) bond motifs is 1. The molecule has 0 aliphatic carbocycles. The fourth-order valence-electron chi connectivity index (χ4n) is 3.61. The lowest BCUT2D eigenvalue weighted by Crippen LogP contribution is -2.29. The topological polar surface area (TPSA) is 79.6 Å². The van der Waals surface area contributed by atoms with Crippen LogP contribution in [0.2, 0.25) is 10.0 Å². The predicted octanol–water partition coefficient (Wildman–Crippen LogP) is 6.31. The molecule has 1 aromatic heterocycles. The SMILES string of the molecule is O=C(Nc1ccc(N2C(=O)c3ccccc3C2=O)cc1Cl)c1ccc(-c2cccc(Cl)c2)o1. The van der Waals surface area contributed by atoms with Gasteiger partial charge in [-0.2, -0.15) is 0 Å². The van der Waals surface area contributed by atoms with E-state index in [4.69, 9.17) is 27.6 Å². The van der Waals surface area contributed by atoms with Crippen molar-refractivity contribution in [2.45, 2.75) is 0 Å². The standard InChI is InChI=1S/C25H14Cl2N2O4/c26-15-5-3-4-14(12-15)21-10-11-22(33-21)23(30)28-20-9-8-16(13-19(20)27)29-24(31)17-6-1-2-7-18(17)25(29)32/h1-13H,(H,28,30). The summed E-state index contributed by atoms with van der Waals surface area (Å²) in [5.74, 6) is -0.765. The highest BCUT2D eigenvalue weighted by Gasteiger charge is 2.36. The summed E-state index contributed by atoms with van der Waals surface area (Å²) in [7, 11) is 0. The fourth-order valence-corrected chi connectivity index (χ4v) is 4.02. The number of hydrogen-bond donors (Lipinski definition) is 1. The van der Waals surface area contributed by atoms with Crippen molar-refractivity contribution >= 4 is 52.3 Å². The molecule has 1 aliphatic rings. The van der Waals surface area contributed by atoms with Gasteiger partial charge in [-0.1, -0.05) is 47.5 Å². The number of rotatable bonds is 4. The van der Waals surface area contributed by atoms with Crippen LogP contribution in [0.15, 0.2) is 83.3 Å². The van der Waals surface area contributed by atoms with Crippen LogP contribution in [0.4, 0.5) is 11.4 Å². The molecule has 3 aromatic carbocycles. The molecule has 0 spiro atoms. The Kier molecular flexibility index (Phi) is 5.24. The zero-order valence-electron chi connectivity index (χ0n) is 16.8. The number of amides is 3. The van der Waals surface area contributed by atoms with Gasteiger partial charge in [0.2, 0.25) is 0 Å². The molecule has 0 unspecified atom stereocenters. The van der Waals surface area contributed by atoms with Crippen LogP contribution in [0, 0.1) is 0 Å². The number of carbonyl (C=O) groups excluding carboxylic acids is 3. The molecule has 0 bridgehead atoms. The Hall–Kier alpha value is -3.87. The minimum Gasteiger partial charge on any atom is -0.451 e. The maximum Gasteiger partial charge on any atom is 0.291 e. The molecule has 0 fully saturated rings. The third kappa shape index (κ3) is 3.80. The van der Waals surface area contributed by atoms with Gasteiger partial charge in [-0.05, 0) is 54.6 Å². The first kappa shape index (κ1) is 21.0. The Bertz CT molecular complexity index is 1410. The van der Waals surface area contributed by atoms with Gasteiger partial charge in [-0.3, -0.25) is 14.4 Å². The monoisotopic (exact) mass is 476 g/mol. The molecule has 4 aromatic rings. The van der Waals surface area contributed by atoms with Crippen molar-refractivity contribution in [3.05, 3.63) is 106 Å². The first-order valence-electron chi connectivity index (χ1n) is 9.87. The Balaban J connectivity index is 1.35. The van der Waals surface area contributed by atoms with Gasteiger partial charge >= 0.3 is 0 Å². The molecule has 6 nitrogen and oxygen atoms in total. The summed E-state index contributed by atoms with van der Waals surface area (Å²) in [6, 6.07) is 21.4. The molecule has 162 valence electrons. The molecule has 33 heavy (non-hydrogen) atoms. The van der Waals surface area contributed by atoms with Crippen molar-refractivity contribution in [2.24, 2.45) is 0 Å². The van der Waals surface area contributed by atoms with Gasteiger partial charge in [0.15, 0.2) is 5.76 Å². The molecule has 0 atom stereocenters. The molecule has 0 radical (unpaired) electrons. The second-order valence-corrected chi connectivity index (χ2v) is 8.13. The molecule has 1 N–H and O–H groups in total. The molecule has 0 saturated heterocycles. The van der Waals surface area contributed by atoms with Crippen molar-refractivity contribution in [1.29, 1.82) is 0 Å². The lowest BCUT2D eigenvalue weighted by molar-refractivity contribution is 0.0924. The van der Waals surface area contributed by atoms with Gasteiger partial charge in [0, 0.05) is 10.6 Å². The number of halogens is 2. The van der Waals surface area contributed by atoms with Gasteiger partial charge in [0.05, 0.1) is 27.5 Å². The number of anilines is 2. The summed E-state index contributed by atoms with van der Waals surface area (Å²) in [6.07, 6.45) is 0. The number of carbonyl (C=O) groups is 3. The second kappa shape index (κ2) is 8.24. The van der Waals surface area contributed by atoms with E-state index in [1.807, 2.05) is 6.07 Å². The second-order valence-electron chi connectivity index (χ2n) is 7.28. The maximum atomic E-state index is 12.7. The molecule has 3 amide bonds. The zero-order valence-corrected chi connectivity index (χ0v) is 18.4. The highest BCUT2D eigenvalue weighted by molar-refractivity contribution is 6.37. The van der Waals surface area contributed by atoms with Crippen LogP contribution in [-0.4, -0.2) is 17.7 Å². The normalized spacial score (nSPS) is 12.7. The molecular formula is C25H14Cl2N2O4. The van der Waals surface area contributed by atoms with E-state index in [9.17, 15) is 14.4 Å². The molecular weight excluding hydrogens is 463 g/mol. The Labute approximate surface area is 198 Å². The number of imide groups is 1. The number of benzene rings is 3. The van der Waals surface area contributed by atoms with Crippen LogP contribution in [0.3, 0.4) is 0 Å². The Morgan fingerprint density at radius 3 is 2.21 bits per heavy atom. The van der Waals surface area contributed by atoms with Crippen molar-refractivity contribution in [3.63, 3.8) is 0 Å². The first-order valence-corrected chi connectivity index (χ1v) is 10.6. The van der Waals surface area contributed by atoms with Gasteiger partial charge in [0.25, 0.3) is 17.7 Å². The predicted molar refractivity (Wildman–Crippen MR) is 126 cm³/mol. The minimum absolute atomic E-state index is 0.0884. The van der Waals surface area contributed by atoms with E-state index in [2.05, 4.69) is 5.32 Å². The van der Waals surface area contributed by atoms with Gasteiger partial charge in [-0.25, -0.2) is 4.90 Å². The average Bonchev–Trinajstić information content (AvgIpc) is 3.40. The van der Waals surface area contributed by atoms with Crippen LogP contribution >= 0.6 is 23.2 Å².